The van der Waals surface area contributed by atoms with Crippen LogP contribution >= 0.6 is 0 Å². The molecular formula is C12H19NO2S. The van der Waals surface area contributed by atoms with Crippen LogP contribution in [0.25, 0.3) is 0 Å². The average molecular weight is 241 g/mol. The van der Waals surface area contributed by atoms with Gasteiger partial charge in [-0.3, -0.25) is 4.98 Å². The Labute approximate surface area is 97.8 Å². The van der Waals surface area contributed by atoms with Crippen LogP contribution in [0.2, 0.25) is 0 Å². The first kappa shape index (κ1) is 13.2. The molecule has 0 saturated heterocycles. The van der Waals surface area contributed by atoms with Gasteiger partial charge in [-0.15, -0.1) is 0 Å². The van der Waals surface area contributed by atoms with Crippen molar-refractivity contribution in [2.75, 3.05) is 5.75 Å². The van der Waals surface area contributed by atoms with E-state index in [4.69, 9.17) is 0 Å². The van der Waals surface area contributed by atoms with Gasteiger partial charge in [0.25, 0.3) is 0 Å². The second kappa shape index (κ2) is 4.53. The summed E-state index contributed by atoms with van der Waals surface area (Å²) in [7, 11) is -3.00. The van der Waals surface area contributed by atoms with Crippen LogP contribution in [0.1, 0.15) is 39.0 Å². The Morgan fingerprint density at radius 1 is 1.31 bits per heavy atom. The molecule has 0 aliphatic rings. The quantitative estimate of drug-likeness (QED) is 0.816. The van der Waals surface area contributed by atoms with E-state index in [-0.39, 0.29) is 16.9 Å². The molecule has 16 heavy (non-hydrogen) atoms. The van der Waals surface area contributed by atoms with Gasteiger partial charge in [0.1, 0.15) is 0 Å². The van der Waals surface area contributed by atoms with Crippen molar-refractivity contribution in [3.63, 3.8) is 0 Å². The van der Waals surface area contributed by atoms with E-state index in [1.807, 2.05) is 12.1 Å². The normalized spacial score (nSPS) is 12.8. The zero-order valence-electron chi connectivity index (χ0n) is 10.3. The van der Waals surface area contributed by atoms with E-state index < -0.39 is 9.84 Å². The molecule has 1 aromatic heterocycles. The summed E-state index contributed by atoms with van der Waals surface area (Å²) < 4.78 is 23.0. The van der Waals surface area contributed by atoms with Crippen LogP contribution in [0.5, 0.6) is 0 Å². The second-order valence-electron chi connectivity index (χ2n) is 4.96. The minimum atomic E-state index is -3.00. The van der Waals surface area contributed by atoms with Crippen LogP contribution in [0, 0.1) is 0 Å². The molecule has 4 heteroatoms. The summed E-state index contributed by atoms with van der Waals surface area (Å²) in [5.41, 5.74) is 1.77. The van der Waals surface area contributed by atoms with E-state index in [2.05, 4.69) is 25.8 Å². The molecule has 0 atom stereocenters. The molecule has 3 nitrogen and oxygen atoms in total. The molecule has 0 aromatic carbocycles. The summed E-state index contributed by atoms with van der Waals surface area (Å²) in [6.07, 6.45) is 1.68. The van der Waals surface area contributed by atoms with Gasteiger partial charge in [0.05, 0.1) is 11.4 Å². The summed E-state index contributed by atoms with van der Waals surface area (Å²) in [6.45, 7) is 7.95. The zero-order valence-corrected chi connectivity index (χ0v) is 11.1. The van der Waals surface area contributed by atoms with E-state index in [9.17, 15) is 8.42 Å². The molecule has 0 saturated carbocycles. The second-order valence-corrected chi connectivity index (χ2v) is 7.32. The van der Waals surface area contributed by atoms with Crippen LogP contribution in [0.15, 0.2) is 18.3 Å². The summed E-state index contributed by atoms with van der Waals surface area (Å²) in [6, 6.07) is 3.81. The predicted octanol–water partition coefficient (Wildman–Crippen LogP) is 2.31. The predicted molar refractivity (Wildman–Crippen MR) is 66.1 cm³/mol. The number of rotatable bonds is 3. The standard InChI is InChI=1S/C12H19NO2S/c1-5-16(14,15)9-11-8-10(6-7-13-11)12(2,3)4/h6-8H,5,9H2,1-4H3. The molecule has 0 spiro atoms. The van der Waals surface area contributed by atoms with Gasteiger partial charge >= 0.3 is 0 Å². The Bertz CT molecular complexity index is 458. The highest BCUT2D eigenvalue weighted by molar-refractivity contribution is 7.90. The number of pyridine rings is 1. The Morgan fingerprint density at radius 3 is 2.44 bits per heavy atom. The van der Waals surface area contributed by atoms with Gasteiger partial charge < -0.3 is 0 Å². The fourth-order valence-corrected chi connectivity index (χ4v) is 2.16. The maximum Gasteiger partial charge on any atom is 0.155 e. The lowest BCUT2D eigenvalue weighted by molar-refractivity contribution is 0.585. The summed E-state index contributed by atoms with van der Waals surface area (Å²) >= 11 is 0. The number of hydrogen-bond donors (Lipinski definition) is 0. The molecule has 0 bridgehead atoms. The van der Waals surface area contributed by atoms with Crippen molar-refractivity contribution in [2.24, 2.45) is 0 Å². The highest BCUT2D eigenvalue weighted by Gasteiger charge is 2.16. The lowest BCUT2D eigenvalue weighted by atomic mass is 9.87. The van der Waals surface area contributed by atoms with E-state index in [1.54, 1.807) is 13.1 Å². The van der Waals surface area contributed by atoms with E-state index in [1.165, 1.54) is 0 Å². The van der Waals surface area contributed by atoms with Crippen molar-refractivity contribution in [2.45, 2.75) is 38.9 Å². The Hall–Kier alpha value is -0.900. The maximum atomic E-state index is 11.5. The SMILES string of the molecule is CCS(=O)(=O)Cc1cc(C(C)(C)C)ccn1. The van der Waals surface area contributed by atoms with Crippen molar-refractivity contribution in [1.82, 2.24) is 4.98 Å². The Balaban J connectivity index is 3.01. The van der Waals surface area contributed by atoms with E-state index in [0.717, 1.165) is 5.56 Å². The number of aromatic nitrogens is 1. The molecule has 0 N–H and O–H groups in total. The lowest BCUT2D eigenvalue weighted by Gasteiger charge is -2.19. The third-order valence-corrected chi connectivity index (χ3v) is 4.11. The van der Waals surface area contributed by atoms with Crippen LogP contribution in [-0.4, -0.2) is 19.2 Å². The van der Waals surface area contributed by atoms with Crippen LogP contribution in [0.4, 0.5) is 0 Å². The highest BCUT2D eigenvalue weighted by Crippen LogP contribution is 2.22. The van der Waals surface area contributed by atoms with Crippen molar-refractivity contribution < 1.29 is 8.42 Å². The molecule has 0 radical (unpaired) electrons. The minimum Gasteiger partial charge on any atom is -0.260 e. The van der Waals surface area contributed by atoms with Gasteiger partial charge in [-0.2, -0.15) is 0 Å². The molecule has 1 heterocycles. The van der Waals surface area contributed by atoms with Crippen LogP contribution in [-0.2, 0) is 21.0 Å². The van der Waals surface area contributed by atoms with Gasteiger partial charge in [0.15, 0.2) is 9.84 Å². The Kier molecular flexibility index (Phi) is 3.73. The summed E-state index contributed by atoms with van der Waals surface area (Å²) in [5, 5.41) is 0. The molecule has 0 fully saturated rings. The molecule has 1 rings (SSSR count). The third-order valence-electron chi connectivity index (χ3n) is 2.49. The van der Waals surface area contributed by atoms with Gasteiger partial charge in [-0.25, -0.2) is 8.42 Å². The molecule has 1 aromatic rings. The Morgan fingerprint density at radius 2 is 1.94 bits per heavy atom. The number of hydrogen-bond acceptors (Lipinski definition) is 3. The van der Waals surface area contributed by atoms with Gasteiger partial charge in [-0.1, -0.05) is 27.7 Å². The maximum absolute atomic E-state index is 11.5. The summed E-state index contributed by atoms with van der Waals surface area (Å²) in [4.78, 5) is 4.11. The van der Waals surface area contributed by atoms with E-state index in [0.29, 0.717) is 5.69 Å². The van der Waals surface area contributed by atoms with Crippen molar-refractivity contribution in [3.8, 4) is 0 Å². The molecule has 0 aliphatic carbocycles. The average Bonchev–Trinajstić information content (AvgIpc) is 2.16. The number of nitrogens with zero attached hydrogens (tertiary/aromatic N) is 1. The summed E-state index contributed by atoms with van der Waals surface area (Å²) in [5.74, 6) is 0.196. The molecule has 0 unspecified atom stereocenters. The van der Waals surface area contributed by atoms with E-state index >= 15 is 0 Å². The van der Waals surface area contributed by atoms with Crippen molar-refractivity contribution in [3.05, 3.63) is 29.6 Å². The topological polar surface area (TPSA) is 47.0 Å². The smallest absolute Gasteiger partial charge is 0.155 e. The molecule has 0 amide bonds. The van der Waals surface area contributed by atoms with Crippen LogP contribution < -0.4 is 0 Å². The third kappa shape index (κ3) is 3.59. The lowest BCUT2D eigenvalue weighted by Crippen LogP contribution is -2.13. The van der Waals surface area contributed by atoms with Gasteiger partial charge in [0, 0.05) is 11.9 Å². The molecule has 0 aliphatic heterocycles. The first-order chi connectivity index (χ1) is 7.24. The highest BCUT2D eigenvalue weighted by atomic mass is 32.2. The monoisotopic (exact) mass is 241 g/mol. The van der Waals surface area contributed by atoms with Gasteiger partial charge in [-0.05, 0) is 23.1 Å². The largest absolute Gasteiger partial charge is 0.260 e. The van der Waals surface area contributed by atoms with Crippen molar-refractivity contribution >= 4 is 9.84 Å². The van der Waals surface area contributed by atoms with Crippen molar-refractivity contribution in [1.29, 1.82) is 0 Å². The molecular weight excluding hydrogens is 222 g/mol. The number of sulfone groups is 1. The van der Waals surface area contributed by atoms with Gasteiger partial charge in [0.2, 0.25) is 0 Å². The van der Waals surface area contributed by atoms with Crippen LogP contribution in [0.3, 0.4) is 0 Å². The first-order valence-corrected chi connectivity index (χ1v) is 7.22. The molecule has 90 valence electrons. The fraction of sp³-hybridized carbons (Fsp3) is 0.583. The first-order valence-electron chi connectivity index (χ1n) is 5.40. The fourth-order valence-electron chi connectivity index (χ4n) is 1.35. The minimum absolute atomic E-state index is 0.0215. The zero-order chi connectivity index (χ0) is 12.4.